The molecule has 36 heavy (non-hydrogen) atoms. The van der Waals surface area contributed by atoms with E-state index in [-0.39, 0.29) is 0 Å². The summed E-state index contributed by atoms with van der Waals surface area (Å²) in [6.07, 6.45) is 7.38. The number of rotatable bonds is 11. The molecule has 0 saturated heterocycles. The lowest BCUT2D eigenvalue weighted by atomic mass is 9.98. The molecular weight excluding hydrogens is 458 g/mol. The molecule has 0 bridgehead atoms. The highest BCUT2D eigenvalue weighted by atomic mass is 32.1. The van der Waals surface area contributed by atoms with Crippen molar-refractivity contribution in [3.63, 3.8) is 0 Å². The van der Waals surface area contributed by atoms with E-state index in [4.69, 9.17) is 4.74 Å². The monoisotopic (exact) mass is 493 g/mol. The molecule has 0 fully saturated rings. The molecule has 1 aromatic heterocycles. The summed E-state index contributed by atoms with van der Waals surface area (Å²) >= 11 is 4.30. The highest BCUT2D eigenvalue weighted by Gasteiger charge is 2.17. The maximum atomic E-state index is 6.37. The average molecular weight is 494 g/mol. The van der Waals surface area contributed by atoms with E-state index in [0.29, 0.717) is 0 Å². The Morgan fingerprint density at radius 3 is 2.14 bits per heavy atom. The van der Waals surface area contributed by atoms with Crippen LogP contribution < -0.4 is 4.74 Å². The molecule has 4 aromatic carbocycles. The van der Waals surface area contributed by atoms with Crippen molar-refractivity contribution in [2.24, 2.45) is 0 Å². The van der Waals surface area contributed by atoms with Gasteiger partial charge in [0.1, 0.15) is 5.75 Å². The van der Waals surface area contributed by atoms with Crippen molar-refractivity contribution in [2.45, 2.75) is 45.4 Å². The van der Waals surface area contributed by atoms with Crippen LogP contribution in [0.2, 0.25) is 0 Å². The molecule has 5 aromatic rings. The number of hydrogen-bond donors (Lipinski definition) is 1. The van der Waals surface area contributed by atoms with Crippen LogP contribution in [-0.4, -0.2) is 16.9 Å². The lowest BCUT2D eigenvalue weighted by Gasteiger charge is -2.13. The van der Waals surface area contributed by atoms with E-state index in [2.05, 4.69) is 115 Å². The predicted molar refractivity (Wildman–Crippen MR) is 158 cm³/mol. The molecule has 0 radical (unpaired) electrons. The highest BCUT2D eigenvalue weighted by molar-refractivity contribution is 7.80. The van der Waals surface area contributed by atoms with E-state index in [1.807, 2.05) is 0 Å². The predicted octanol–water partition coefficient (Wildman–Crippen LogP) is 9.41. The Labute approximate surface area is 220 Å². The van der Waals surface area contributed by atoms with Gasteiger partial charge in [-0.25, -0.2) is 0 Å². The minimum atomic E-state index is 0.755. The molecule has 0 aliphatic rings. The van der Waals surface area contributed by atoms with E-state index in [0.717, 1.165) is 30.1 Å². The van der Waals surface area contributed by atoms with Gasteiger partial charge in [0.05, 0.1) is 17.6 Å². The number of fused-ring (bicyclic) bond motifs is 3. The van der Waals surface area contributed by atoms with Crippen molar-refractivity contribution >= 4 is 34.4 Å². The standard InChI is InChI=1S/C33H35NOS/c1-25-19-21-26(22-20-25)34-30-16-8-6-14-29(30)33-28(15-12-17-31(33)34)27-13-7-9-18-32(27)35-23-10-4-2-3-5-11-24-36/h6-9,12-22,36H,2-5,10-11,23-24H2,1H3. The van der Waals surface area contributed by atoms with Gasteiger partial charge >= 0.3 is 0 Å². The number of hydrogen-bond acceptors (Lipinski definition) is 2. The van der Waals surface area contributed by atoms with Crippen molar-refractivity contribution < 1.29 is 4.74 Å². The summed E-state index contributed by atoms with van der Waals surface area (Å²) in [5, 5.41) is 2.54. The molecular formula is C33H35NOS. The van der Waals surface area contributed by atoms with Crippen molar-refractivity contribution in [3.8, 4) is 22.6 Å². The van der Waals surface area contributed by atoms with Crippen molar-refractivity contribution in [2.75, 3.05) is 12.4 Å². The number of aromatic nitrogens is 1. The largest absolute Gasteiger partial charge is 0.493 e. The summed E-state index contributed by atoms with van der Waals surface area (Å²) in [7, 11) is 0. The third kappa shape index (κ3) is 5.17. The summed E-state index contributed by atoms with van der Waals surface area (Å²) in [6.45, 7) is 2.89. The summed E-state index contributed by atoms with van der Waals surface area (Å²) in [5.41, 5.74) is 7.26. The van der Waals surface area contributed by atoms with Crippen LogP contribution in [0.3, 0.4) is 0 Å². The third-order valence-electron chi connectivity index (χ3n) is 6.98. The first-order chi connectivity index (χ1) is 17.8. The molecule has 0 aliphatic carbocycles. The van der Waals surface area contributed by atoms with Gasteiger partial charge in [-0.3, -0.25) is 0 Å². The lowest BCUT2D eigenvalue weighted by Crippen LogP contribution is -1.99. The van der Waals surface area contributed by atoms with E-state index < -0.39 is 0 Å². The topological polar surface area (TPSA) is 14.2 Å². The fourth-order valence-electron chi connectivity index (χ4n) is 5.13. The summed E-state index contributed by atoms with van der Waals surface area (Å²) < 4.78 is 8.75. The highest BCUT2D eigenvalue weighted by Crippen LogP contribution is 2.41. The van der Waals surface area contributed by atoms with Gasteiger partial charge in [0.15, 0.2) is 0 Å². The second-order valence-corrected chi connectivity index (χ2v) is 10.0. The molecule has 0 atom stereocenters. The zero-order valence-electron chi connectivity index (χ0n) is 21.1. The van der Waals surface area contributed by atoms with E-state index >= 15 is 0 Å². The fraction of sp³-hybridized carbons (Fsp3) is 0.273. The third-order valence-corrected chi connectivity index (χ3v) is 7.29. The van der Waals surface area contributed by atoms with Crippen LogP contribution in [0.1, 0.15) is 44.1 Å². The van der Waals surface area contributed by atoms with Gasteiger partial charge < -0.3 is 9.30 Å². The molecule has 2 nitrogen and oxygen atoms in total. The Hall–Kier alpha value is -3.17. The van der Waals surface area contributed by atoms with Gasteiger partial charge in [-0.15, -0.1) is 0 Å². The number of ether oxygens (including phenoxy) is 1. The van der Waals surface area contributed by atoms with Crippen molar-refractivity contribution in [1.82, 2.24) is 4.57 Å². The molecule has 0 saturated carbocycles. The Morgan fingerprint density at radius 1 is 0.639 bits per heavy atom. The van der Waals surface area contributed by atoms with Gasteiger partial charge in [0.25, 0.3) is 0 Å². The van der Waals surface area contributed by atoms with Crippen LogP contribution in [0.5, 0.6) is 5.75 Å². The van der Waals surface area contributed by atoms with Crippen molar-refractivity contribution in [3.05, 3.63) is 96.6 Å². The van der Waals surface area contributed by atoms with Crippen molar-refractivity contribution in [1.29, 1.82) is 0 Å². The molecule has 0 aliphatic heterocycles. The second kappa shape index (κ2) is 11.7. The molecule has 0 amide bonds. The first kappa shape index (κ1) is 24.5. The number of unbranched alkanes of at least 4 members (excludes halogenated alkanes) is 5. The first-order valence-electron chi connectivity index (χ1n) is 13.2. The van der Waals surface area contributed by atoms with E-state index in [9.17, 15) is 0 Å². The fourth-order valence-corrected chi connectivity index (χ4v) is 5.36. The van der Waals surface area contributed by atoms with Gasteiger partial charge in [-0.1, -0.05) is 91.9 Å². The molecule has 3 heteroatoms. The van der Waals surface area contributed by atoms with Crippen LogP contribution in [-0.2, 0) is 0 Å². The van der Waals surface area contributed by atoms with Gasteiger partial charge in [-0.2, -0.15) is 12.6 Å². The summed E-state index contributed by atoms with van der Waals surface area (Å²) in [6, 6.07) is 32.6. The second-order valence-electron chi connectivity index (χ2n) is 9.58. The number of nitrogens with zero attached hydrogens (tertiary/aromatic N) is 1. The van der Waals surface area contributed by atoms with E-state index in [1.165, 1.54) is 70.7 Å². The van der Waals surface area contributed by atoms with Gasteiger partial charge in [-0.05, 0) is 61.4 Å². The quantitative estimate of drug-likeness (QED) is 0.143. The molecule has 0 spiro atoms. The molecule has 184 valence electrons. The smallest absolute Gasteiger partial charge is 0.127 e. The van der Waals surface area contributed by atoms with Crippen LogP contribution in [0.4, 0.5) is 0 Å². The molecule has 0 unspecified atom stereocenters. The Morgan fingerprint density at radius 2 is 1.31 bits per heavy atom. The normalized spacial score (nSPS) is 11.4. The molecule has 5 rings (SSSR count). The summed E-state index contributed by atoms with van der Waals surface area (Å²) in [5.74, 6) is 1.96. The maximum Gasteiger partial charge on any atom is 0.127 e. The zero-order chi connectivity index (χ0) is 24.7. The first-order valence-corrected chi connectivity index (χ1v) is 13.8. The molecule has 1 heterocycles. The lowest BCUT2D eigenvalue weighted by molar-refractivity contribution is 0.305. The van der Waals surface area contributed by atoms with Gasteiger partial charge in [0.2, 0.25) is 0 Å². The number of aryl methyl sites for hydroxylation is 1. The van der Waals surface area contributed by atoms with Gasteiger partial charge in [0, 0.05) is 22.0 Å². The zero-order valence-corrected chi connectivity index (χ0v) is 22.0. The number of para-hydroxylation sites is 2. The minimum absolute atomic E-state index is 0.755. The van der Waals surface area contributed by atoms with Crippen LogP contribution in [0.25, 0.3) is 38.6 Å². The summed E-state index contributed by atoms with van der Waals surface area (Å²) in [4.78, 5) is 0. The average Bonchev–Trinajstić information content (AvgIpc) is 3.26. The molecule has 0 N–H and O–H groups in total. The Kier molecular flexibility index (Phi) is 7.98. The SMILES string of the molecule is Cc1ccc(-n2c3ccccc3c3c(-c4ccccc4OCCCCCCCCS)cccc32)cc1. The van der Waals surface area contributed by atoms with Crippen LogP contribution in [0, 0.1) is 6.92 Å². The minimum Gasteiger partial charge on any atom is -0.493 e. The maximum absolute atomic E-state index is 6.37. The number of benzene rings is 4. The Bertz CT molecular complexity index is 1430. The van der Waals surface area contributed by atoms with E-state index in [1.54, 1.807) is 0 Å². The number of thiol groups is 1. The van der Waals surface area contributed by atoms with Crippen LogP contribution >= 0.6 is 12.6 Å². The van der Waals surface area contributed by atoms with Crippen LogP contribution in [0.15, 0.2) is 91.0 Å². The Balaban J connectivity index is 1.49.